The minimum atomic E-state index is -0.939. The van der Waals surface area contributed by atoms with E-state index in [1.54, 1.807) is 30.3 Å². The molecule has 1 heterocycles. The molecule has 1 N–H and O–H groups in total. The topological polar surface area (TPSA) is 77.2 Å². The number of rotatable bonds is 8. The highest BCUT2D eigenvalue weighted by molar-refractivity contribution is 5.89. The fourth-order valence-electron chi connectivity index (χ4n) is 3.23. The van der Waals surface area contributed by atoms with Gasteiger partial charge in [-0.3, -0.25) is 0 Å². The number of aryl methyl sites for hydroxylation is 1. The van der Waals surface area contributed by atoms with Gasteiger partial charge in [-0.1, -0.05) is 66.2 Å². The van der Waals surface area contributed by atoms with Gasteiger partial charge in [0, 0.05) is 11.8 Å². The summed E-state index contributed by atoms with van der Waals surface area (Å²) >= 11 is 0. The molecule has 0 aliphatic rings. The second-order valence-corrected chi connectivity index (χ2v) is 7.95. The van der Waals surface area contributed by atoms with Crippen LogP contribution in [0.5, 0.6) is 0 Å². The Labute approximate surface area is 192 Å². The molecule has 1 unspecified atom stereocenters. The lowest BCUT2D eigenvalue weighted by atomic mass is 10.0. The second-order valence-electron chi connectivity index (χ2n) is 7.95. The van der Waals surface area contributed by atoms with Gasteiger partial charge in [0.2, 0.25) is 11.8 Å². The first-order valence-corrected chi connectivity index (χ1v) is 10.7. The average Bonchev–Trinajstić information content (AvgIpc) is 3.34. The van der Waals surface area contributed by atoms with Crippen LogP contribution in [-0.4, -0.2) is 22.8 Å². The second kappa shape index (κ2) is 9.96. The van der Waals surface area contributed by atoms with Gasteiger partial charge in [0.05, 0.1) is 5.56 Å². The van der Waals surface area contributed by atoms with Gasteiger partial charge in [-0.2, -0.15) is 0 Å². The molecule has 0 saturated heterocycles. The minimum absolute atomic E-state index is 0.00135. The lowest BCUT2D eigenvalue weighted by molar-refractivity contribution is 0.0414. The third-order valence-corrected chi connectivity index (χ3v) is 5.10. The van der Waals surface area contributed by atoms with Crippen LogP contribution in [0.25, 0.3) is 12.2 Å². The third-order valence-electron chi connectivity index (χ3n) is 5.10. The maximum Gasteiger partial charge on any atom is 0.338 e. The van der Waals surface area contributed by atoms with Crippen molar-refractivity contribution < 1.29 is 13.9 Å². The molecular weight excluding hydrogens is 414 g/mol. The molecule has 0 bridgehead atoms. The Morgan fingerprint density at radius 2 is 1.61 bits per heavy atom. The number of aromatic nitrogens is 2. The van der Waals surface area contributed by atoms with Crippen molar-refractivity contribution in [3.63, 3.8) is 0 Å². The number of ether oxygens (including phenoxy) is 1. The number of hydrogen-bond acceptors (Lipinski definition) is 6. The summed E-state index contributed by atoms with van der Waals surface area (Å²) < 4.78 is 11.6. The van der Waals surface area contributed by atoms with Gasteiger partial charge < -0.3 is 14.5 Å². The molecule has 0 radical (unpaired) electrons. The molecule has 0 saturated carbocycles. The fourth-order valence-corrected chi connectivity index (χ4v) is 3.23. The van der Waals surface area contributed by atoms with Crippen molar-refractivity contribution in [2.75, 3.05) is 11.9 Å². The molecule has 4 rings (SSSR count). The highest BCUT2D eigenvalue weighted by atomic mass is 16.5. The molecule has 1 aromatic heterocycles. The lowest BCUT2D eigenvalue weighted by Gasteiger charge is -2.28. The molecule has 0 spiro atoms. The largest absolute Gasteiger partial charge is 0.459 e. The van der Waals surface area contributed by atoms with E-state index in [0.717, 1.165) is 16.8 Å². The molecule has 166 valence electrons. The van der Waals surface area contributed by atoms with Gasteiger partial charge in [-0.05, 0) is 49.8 Å². The Morgan fingerprint density at radius 3 is 2.30 bits per heavy atom. The SMILES string of the molecule is Cc1ccc(NC(C)(COC(=O)c2ccccc2)c2nnc(/C=C/c3ccccc3)o2)cc1. The molecule has 0 aliphatic carbocycles. The van der Waals surface area contributed by atoms with E-state index in [2.05, 4.69) is 15.5 Å². The van der Waals surface area contributed by atoms with Crippen LogP contribution in [0.2, 0.25) is 0 Å². The maximum atomic E-state index is 12.6. The van der Waals surface area contributed by atoms with Crippen molar-refractivity contribution in [1.82, 2.24) is 10.2 Å². The average molecular weight is 440 g/mol. The van der Waals surface area contributed by atoms with Gasteiger partial charge in [0.25, 0.3) is 0 Å². The standard InChI is InChI=1S/C27H25N3O3/c1-20-13-16-23(17-14-20)28-27(2,19-32-25(31)22-11-7-4-8-12-22)26-30-29-24(33-26)18-15-21-9-5-3-6-10-21/h3-18,28H,19H2,1-2H3/b18-15+. The quantitative estimate of drug-likeness (QED) is 0.353. The van der Waals surface area contributed by atoms with Gasteiger partial charge in [0.1, 0.15) is 12.1 Å². The number of benzene rings is 3. The Morgan fingerprint density at radius 1 is 0.939 bits per heavy atom. The third kappa shape index (κ3) is 5.74. The van der Waals surface area contributed by atoms with Gasteiger partial charge in [0.15, 0.2) is 0 Å². The molecule has 6 heteroatoms. The number of nitrogens with one attached hydrogen (secondary N) is 1. The predicted octanol–water partition coefficient (Wildman–Crippen LogP) is 5.73. The van der Waals surface area contributed by atoms with Gasteiger partial charge >= 0.3 is 5.97 Å². The van der Waals surface area contributed by atoms with Crippen molar-refractivity contribution in [3.05, 3.63) is 113 Å². The monoisotopic (exact) mass is 439 g/mol. The lowest BCUT2D eigenvalue weighted by Crippen LogP contribution is -2.38. The summed E-state index contributed by atoms with van der Waals surface area (Å²) in [7, 11) is 0. The summed E-state index contributed by atoms with van der Waals surface area (Å²) in [5, 5.41) is 11.8. The Kier molecular flexibility index (Phi) is 6.64. The van der Waals surface area contributed by atoms with Crippen LogP contribution in [0, 0.1) is 6.92 Å². The highest BCUT2D eigenvalue weighted by Crippen LogP contribution is 2.27. The summed E-state index contributed by atoms with van der Waals surface area (Å²) in [5.41, 5.74) is 2.55. The minimum Gasteiger partial charge on any atom is -0.459 e. The molecule has 6 nitrogen and oxygen atoms in total. The fraction of sp³-hybridized carbons (Fsp3) is 0.148. The Hall–Kier alpha value is -4.19. The van der Waals surface area contributed by atoms with Crippen molar-refractivity contribution in [1.29, 1.82) is 0 Å². The molecule has 4 aromatic rings. The molecule has 1 atom stereocenters. The van der Waals surface area contributed by atoms with Crippen LogP contribution in [-0.2, 0) is 10.3 Å². The first kappa shape index (κ1) is 22.0. The zero-order valence-electron chi connectivity index (χ0n) is 18.6. The van der Waals surface area contributed by atoms with Crippen LogP contribution >= 0.6 is 0 Å². The normalized spacial score (nSPS) is 12.9. The van der Waals surface area contributed by atoms with E-state index >= 15 is 0 Å². The molecule has 0 fully saturated rings. The summed E-state index contributed by atoms with van der Waals surface area (Å²) in [4.78, 5) is 12.6. The molecule has 0 amide bonds. The highest BCUT2D eigenvalue weighted by Gasteiger charge is 2.35. The summed E-state index contributed by atoms with van der Waals surface area (Å²) in [6.45, 7) is 3.88. The molecule has 0 aliphatic heterocycles. The van der Waals surface area contributed by atoms with E-state index in [-0.39, 0.29) is 6.61 Å². The number of nitrogens with zero attached hydrogens (tertiary/aromatic N) is 2. The van der Waals surface area contributed by atoms with E-state index in [4.69, 9.17) is 9.15 Å². The first-order valence-electron chi connectivity index (χ1n) is 10.7. The van der Waals surface area contributed by atoms with Crippen LogP contribution in [0.3, 0.4) is 0 Å². The van der Waals surface area contributed by atoms with Crippen LogP contribution < -0.4 is 5.32 Å². The summed E-state index contributed by atoms with van der Waals surface area (Å²) in [6.07, 6.45) is 3.66. The van der Waals surface area contributed by atoms with E-state index < -0.39 is 11.5 Å². The molecule has 33 heavy (non-hydrogen) atoms. The van der Waals surface area contributed by atoms with Gasteiger partial charge in [-0.25, -0.2) is 4.79 Å². The summed E-state index contributed by atoms with van der Waals surface area (Å²) in [5.74, 6) is 0.257. The zero-order valence-corrected chi connectivity index (χ0v) is 18.6. The van der Waals surface area contributed by atoms with Gasteiger partial charge in [-0.15, -0.1) is 10.2 Å². The van der Waals surface area contributed by atoms with Crippen molar-refractivity contribution in [3.8, 4) is 0 Å². The van der Waals surface area contributed by atoms with E-state index in [9.17, 15) is 4.79 Å². The number of carbonyl (C=O) groups excluding carboxylic acids is 1. The van der Waals surface area contributed by atoms with Crippen molar-refractivity contribution in [2.24, 2.45) is 0 Å². The van der Waals surface area contributed by atoms with E-state index in [1.165, 1.54) is 0 Å². The maximum absolute atomic E-state index is 12.6. The van der Waals surface area contributed by atoms with E-state index in [1.807, 2.05) is 80.6 Å². The zero-order chi connectivity index (χ0) is 23.1. The van der Waals surface area contributed by atoms with Crippen LogP contribution in [0.15, 0.2) is 89.3 Å². The number of anilines is 1. The Bertz CT molecular complexity index is 1220. The predicted molar refractivity (Wildman–Crippen MR) is 129 cm³/mol. The van der Waals surface area contributed by atoms with Crippen LogP contribution in [0.4, 0.5) is 5.69 Å². The van der Waals surface area contributed by atoms with Crippen LogP contribution in [0.1, 0.15) is 40.2 Å². The summed E-state index contributed by atoms with van der Waals surface area (Å²) in [6, 6.07) is 26.6. The number of hydrogen-bond donors (Lipinski definition) is 1. The molecular formula is C27H25N3O3. The smallest absolute Gasteiger partial charge is 0.338 e. The van der Waals surface area contributed by atoms with Crippen molar-refractivity contribution in [2.45, 2.75) is 19.4 Å². The number of esters is 1. The van der Waals surface area contributed by atoms with E-state index in [0.29, 0.717) is 17.3 Å². The first-order chi connectivity index (χ1) is 16.0. The molecule has 3 aromatic carbocycles. The number of carbonyl (C=O) groups is 1. The van der Waals surface area contributed by atoms with Crippen molar-refractivity contribution >= 4 is 23.8 Å². The Balaban J connectivity index is 1.56.